The molecule has 1 fully saturated rings. The van der Waals surface area contributed by atoms with Crippen molar-refractivity contribution in [3.63, 3.8) is 0 Å². The SMILES string of the molecule is C=CC(=O)N1CCC(Oc2cc3c(-n4ccc5cc(Cl)c(Cl)cc54)ncnc3cc2OC)CC1. The van der Waals surface area contributed by atoms with Gasteiger partial charge in [-0.2, -0.15) is 0 Å². The highest BCUT2D eigenvalue weighted by Crippen LogP contribution is 2.37. The summed E-state index contributed by atoms with van der Waals surface area (Å²) in [6.07, 6.45) is 6.20. The number of halogens is 2. The van der Waals surface area contributed by atoms with Gasteiger partial charge in [0.2, 0.25) is 5.91 Å². The van der Waals surface area contributed by atoms with Gasteiger partial charge in [-0.3, -0.25) is 4.79 Å². The molecule has 4 aromatic rings. The Morgan fingerprint density at radius 3 is 2.62 bits per heavy atom. The maximum Gasteiger partial charge on any atom is 0.245 e. The summed E-state index contributed by atoms with van der Waals surface area (Å²) in [5.41, 5.74) is 1.61. The Morgan fingerprint density at radius 2 is 1.88 bits per heavy atom. The number of fused-ring (bicyclic) bond motifs is 2. The second-order valence-electron chi connectivity index (χ2n) is 8.07. The van der Waals surface area contributed by atoms with Gasteiger partial charge in [0.15, 0.2) is 11.5 Å². The van der Waals surface area contributed by atoms with Crippen LogP contribution in [0.1, 0.15) is 12.8 Å². The molecule has 1 aliphatic rings. The van der Waals surface area contributed by atoms with Crippen LogP contribution < -0.4 is 9.47 Å². The standard InChI is InChI=1S/C25H22Cl2N4O3/c1-3-24(32)30-7-5-16(6-8-30)34-23-11-17-20(13-22(23)33-2)28-14-29-25(17)31-9-4-15-10-18(26)19(27)12-21(15)31/h3-4,9-14,16H,1,5-8H2,2H3. The number of aromatic nitrogens is 3. The van der Waals surface area contributed by atoms with Crippen LogP contribution in [-0.4, -0.2) is 51.6 Å². The van der Waals surface area contributed by atoms with Crippen LogP contribution in [0, 0.1) is 0 Å². The Morgan fingerprint density at radius 1 is 1.12 bits per heavy atom. The number of likely N-dealkylation sites (tertiary alicyclic amines) is 1. The number of rotatable bonds is 5. The number of ether oxygens (including phenoxy) is 2. The second-order valence-corrected chi connectivity index (χ2v) is 8.89. The lowest BCUT2D eigenvalue weighted by atomic mass is 10.1. The van der Waals surface area contributed by atoms with Crippen molar-refractivity contribution in [2.24, 2.45) is 0 Å². The number of carbonyl (C=O) groups is 1. The topological polar surface area (TPSA) is 69.5 Å². The van der Waals surface area contributed by atoms with E-state index in [0.29, 0.717) is 40.5 Å². The molecule has 2 aromatic heterocycles. The Balaban J connectivity index is 1.53. The number of carbonyl (C=O) groups excluding carboxylic acids is 1. The highest BCUT2D eigenvalue weighted by atomic mass is 35.5. The predicted octanol–water partition coefficient (Wildman–Crippen LogP) is 5.44. The largest absolute Gasteiger partial charge is 0.493 e. The number of hydrogen-bond acceptors (Lipinski definition) is 5. The average Bonchev–Trinajstić information content (AvgIpc) is 3.25. The van der Waals surface area contributed by atoms with Crippen LogP contribution in [0.25, 0.3) is 27.6 Å². The van der Waals surface area contributed by atoms with Crippen molar-refractivity contribution in [1.82, 2.24) is 19.4 Å². The molecule has 3 heterocycles. The van der Waals surface area contributed by atoms with Crippen molar-refractivity contribution in [2.45, 2.75) is 18.9 Å². The van der Waals surface area contributed by atoms with Gasteiger partial charge in [0.1, 0.15) is 18.2 Å². The number of nitrogens with zero attached hydrogens (tertiary/aromatic N) is 4. The first kappa shape index (κ1) is 22.5. The van der Waals surface area contributed by atoms with Crippen LogP contribution >= 0.6 is 23.2 Å². The smallest absolute Gasteiger partial charge is 0.245 e. The molecule has 174 valence electrons. The van der Waals surface area contributed by atoms with E-state index in [9.17, 15) is 4.79 Å². The highest BCUT2D eigenvalue weighted by molar-refractivity contribution is 6.42. The second kappa shape index (κ2) is 9.16. The Kier molecular flexibility index (Phi) is 6.06. The number of piperidine rings is 1. The van der Waals surface area contributed by atoms with Crippen molar-refractivity contribution < 1.29 is 14.3 Å². The molecule has 0 unspecified atom stereocenters. The highest BCUT2D eigenvalue weighted by Gasteiger charge is 2.24. The zero-order chi connectivity index (χ0) is 23.8. The van der Waals surface area contributed by atoms with Crippen LogP contribution in [0.3, 0.4) is 0 Å². The Hall–Kier alpha value is -3.29. The normalized spacial score (nSPS) is 14.5. The van der Waals surface area contributed by atoms with Crippen molar-refractivity contribution in [1.29, 1.82) is 0 Å². The van der Waals surface area contributed by atoms with Gasteiger partial charge in [0.25, 0.3) is 0 Å². The van der Waals surface area contributed by atoms with E-state index in [1.54, 1.807) is 12.0 Å². The first-order valence-electron chi connectivity index (χ1n) is 10.9. The van der Waals surface area contributed by atoms with Gasteiger partial charge in [-0.15, -0.1) is 0 Å². The summed E-state index contributed by atoms with van der Waals surface area (Å²) >= 11 is 12.5. The van der Waals surface area contributed by atoms with E-state index in [4.69, 9.17) is 32.7 Å². The zero-order valence-electron chi connectivity index (χ0n) is 18.5. The van der Waals surface area contributed by atoms with Gasteiger partial charge in [-0.05, 0) is 30.3 Å². The average molecular weight is 497 g/mol. The molecule has 1 saturated heterocycles. The molecule has 0 bridgehead atoms. The third-order valence-electron chi connectivity index (χ3n) is 6.08. The molecule has 7 nitrogen and oxygen atoms in total. The molecule has 34 heavy (non-hydrogen) atoms. The molecular weight excluding hydrogens is 475 g/mol. The van der Waals surface area contributed by atoms with Gasteiger partial charge < -0.3 is 18.9 Å². The number of amides is 1. The van der Waals surface area contributed by atoms with Crippen molar-refractivity contribution in [2.75, 3.05) is 20.2 Å². The summed E-state index contributed by atoms with van der Waals surface area (Å²) in [4.78, 5) is 22.7. The van der Waals surface area contributed by atoms with Crippen LogP contribution in [0.5, 0.6) is 11.5 Å². The third-order valence-corrected chi connectivity index (χ3v) is 6.80. The van der Waals surface area contributed by atoms with Crippen molar-refractivity contribution in [3.05, 3.63) is 65.6 Å². The van der Waals surface area contributed by atoms with Gasteiger partial charge in [0, 0.05) is 49.0 Å². The van der Waals surface area contributed by atoms with Crippen LogP contribution in [0.15, 0.2) is 55.5 Å². The molecule has 0 saturated carbocycles. The molecule has 0 radical (unpaired) electrons. The van der Waals surface area contributed by atoms with Crippen LogP contribution in [0.4, 0.5) is 0 Å². The molecule has 0 aliphatic carbocycles. The van der Waals surface area contributed by atoms with Gasteiger partial charge >= 0.3 is 0 Å². The fourth-order valence-corrected chi connectivity index (χ4v) is 4.64. The minimum Gasteiger partial charge on any atom is -0.493 e. The van der Waals surface area contributed by atoms with E-state index < -0.39 is 0 Å². The lowest BCUT2D eigenvalue weighted by Crippen LogP contribution is -2.41. The summed E-state index contributed by atoms with van der Waals surface area (Å²) < 4.78 is 13.9. The first-order valence-corrected chi connectivity index (χ1v) is 11.6. The summed E-state index contributed by atoms with van der Waals surface area (Å²) in [7, 11) is 1.60. The van der Waals surface area contributed by atoms with E-state index in [2.05, 4.69) is 16.5 Å². The van der Waals surface area contributed by atoms with Crippen LogP contribution in [-0.2, 0) is 4.79 Å². The molecule has 5 rings (SSSR count). The molecule has 0 N–H and O–H groups in total. The summed E-state index contributed by atoms with van der Waals surface area (Å²) in [5.74, 6) is 1.84. The number of hydrogen-bond donors (Lipinski definition) is 0. The number of methoxy groups -OCH3 is 1. The summed E-state index contributed by atoms with van der Waals surface area (Å²) in [6, 6.07) is 9.38. The zero-order valence-corrected chi connectivity index (χ0v) is 20.0. The van der Waals surface area contributed by atoms with E-state index in [1.165, 1.54) is 12.4 Å². The Labute approximate surface area is 206 Å². The van der Waals surface area contributed by atoms with E-state index in [-0.39, 0.29) is 12.0 Å². The van der Waals surface area contributed by atoms with Crippen molar-refractivity contribution >= 4 is 50.9 Å². The van der Waals surface area contributed by atoms with Gasteiger partial charge in [-0.25, -0.2) is 9.97 Å². The van der Waals surface area contributed by atoms with E-state index in [0.717, 1.165) is 34.6 Å². The maximum atomic E-state index is 11.9. The molecule has 9 heteroatoms. The van der Waals surface area contributed by atoms with E-state index >= 15 is 0 Å². The first-order chi connectivity index (χ1) is 16.5. The molecule has 2 aromatic carbocycles. The lowest BCUT2D eigenvalue weighted by molar-refractivity contribution is -0.127. The summed E-state index contributed by atoms with van der Waals surface area (Å²) in [5, 5.41) is 2.73. The van der Waals surface area contributed by atoms with E-state index in [1.807, 2.05) is 41.1 Å². The quantitative estimate of drug-likeness (QED) is 0.343. The molecule has 1 amide bonds. The van der Waals surface area contributed by atoms with Crippen molar-refractivity contribution in [3.8, 4) is 17.3 Å². The summed E-state index contributed by atoms with van der Waals surface area (Å²) in [6.45, 7) is 4.81. The third kappa shape index (κ3) is 4.06. The number of benzene rings is 2. The minimum absolute atomic E-state index is 0.0401. The minimum atomic E-state index is -0.0520. The monoisotopic (exact) mass is 496 g/mol. The molecular formula is C25H22Cl2N4O3. The molecule has 0 spiro atoms. The lowest BCUT2D eigenvalue weighted by Gasteiger charge is -2.31. The maximum absolute atomic E-state index is 11.9. The molecule has 0 atom stereocenters. The molecule has 1 aliphatic heterocycles. The fourth-order valence-electron chi connectivity index (χ4n) is 4.31. The van der Waals surface area contributed by atoms with Gasteiger partial charge in [0.05, 0.1) is 28.2 Å². The van der Waals surface area contributed by atoms with Crippen LogP contribution in [0.2, 0.25) is 10.0 Å². The van der Waals surface area contributed by atoms with Gasteiger partial charge in [-0.1, -0.05) is 29.8 Å². The fraction of sp³-hybridized carbons (Fsp3) is 0.240. The predicted molar refractivity (Wildman–Crippen MR) is 133 cm³/mol. The Bertz CT molecular complexity index is 1410.